The van der Waals surface area contributed by atoms with E-state index in [1.165, 1.54) is 0 Å². The van der Waals surface area contributed by atoms with Gasteiger partial charge in [-0.3, -0.25) is 0 Å². The molecule has 1 fully saturated rings. The summed E-state index contributed by atoms with van der Waals surface area (Å²) in [6.45, 7) is -0.703. The van der Waals surface area contributed by atoms with Gasteiger partial charge in [-0.05, 0) is 6.42 Å². The Morgan fingerprint density at radius 1 is 1.23 bits per heavy atom. The summed E-state index contributed by atoms with van der Waals surface area (Å²) in [5.74, 6) is 0. The molecule has 0 saturated heterocycles. The molecule has 0 radical (unpaired) electrons. The molecule has 0 heterocycles. The van der Waals surface area contributed by atoms with Crippen LogP contribution < -0.4 is 5.73 Å². The largest absolute Gasteiger partial charge is 0.393 e. The van der Waals surface area contributed by atoms with Crippen molar-refractivity contribution in [1.29, 1.82) is 0 Å². The van der Waals surface area contributed by atoms with Crippen molar-refractivity contribution < 1.29 is 25.5 Å². The highest BCUT2D eigenvalue weighted by Crippen LogP contribution is 2.28. The highest BCUT2D eigenvalue weighted by atomic mass is 16.4. The molecule has 0 aromatic heterocycles. The molecule has 13 heavy (non-hydrogen) atoms. The Labute approximate surface area is 75.2 Å². The van der Waals surface area contributed by atoms with Crippen LogP contribution in [0.5, 0.6) is 0 Å². The van der Waals surface area contributed by atoms with Crippen LogP contribution in [-0.2, 0) is 0 Å². The summed E-state index contributed by atoms with van der Waals surface area (Å²) in [6, 6.07) is -0.851. The zero-order chi connectivity index (χ0) is 10.2. The van der Waals surface area contributed by atoms with E-state index in [0.717, 1.165) is 0 Å². The molecule has 0 bridgehead atoms. The number of hydrogen-bond donors (Lipinski definition) is 6. The van der Waals surface area contributed by atoms with E-state index in [1.54, 1.807) is 0 Å². The van der Waals surface area contributed by atoms with Gasteiger partial charge < -0.3 is 31.3 Å². The predicted molar refractivity (Wildman–Crippen MR) is 42.6 cm³/mol. The van der Waals surface area contributed by atoms with Crippen molar-refractivity contribution in [2.75, 3.05) is 6.61 Å². The second-order valence-electron chi connectivity index (χ2n) is 3.56. The van der Waals surface area contributed by atoms with Gasteiger partial charge in [-0.15, -0.1) is 0 Å². The number of aliphatic hydroxyl groups excluding tert-OH is 4. The van der Waals surface area contributed by atoms with Crippen molar-refractivity contribution >= 4 is 0 Å². The molecule has 0 aliphatic heterocycles. The minimum atomic E-state index is -1.82. The SMILES string of the molecule is N[C@@H]1C[C@](O)(CO)[C@H](O)[C@H](O)[C@H]1O. The minimum absolute atomic E-state index is 0.150. The lowest BCUT2D eigenvalue weighted by atomic mass is 9.77. The minimum Gasteiger partial charge on any atom is -0.393 e. The summed E-state index contributed by atoms with van der Waals surface area (Å²) in [5.41, 5.74) is 3.57. The lowest BCUT2D eigenvalue weighted by molar-refractivity contribution is -0.203. The molecular weight excluding hydrogens is 178 g/mol. The summed E-state index contributed by atoms with van der Waals surface area (Å²) >= 11 is 0. The van der Waals surface area contributed by atoms with Crippen molar-refractivity contribution in [3.8, 4) is 0 Å². The van der Waals surface area contributed by atoms with Crippen molar-refractivity contribution in [2.24, 2.45) is 5.73 Å². The second-order valence-corrected chi connectivity index (χ2v) is 3.56. The predicted octanol–water partition coefficient (Wildman–Crippen LogP) is -3.48. The van der Waals surface area contributed by atoms with E-state index in [-0.39, 0.29) is 6.42 Å². The van der Waals surface area contributed by atoms with Crippen molar-refractivity contribution in [1.82, 2.24) is 0 Å². The van der Waals surface area contributed by atoms with E-state index >= 15 is 0 Å². The monoisotopic (exact) mass is 193 g/mol. The summed E-state index contributed by atoms with van der Waals surface area (Å²) in [7, 11) is 0. The van der Waals surface area contributed by atoms with Gasteiger partial charge in [0.1, 0.15) is 17.8 Å². The molecular formula is C7H15NO5. The third kappa shape index (κ3) is 1.69. The van der Waals surface area contributed by atoms with Crippen LogP contribution in [0.4, 0.5) is 0 Å². The summed E-state index contributed by atoms with van der Waals surface area (Å²) in [4.78, 5) is 0. The maximum absolute atomic E-state index is 9.56. The van der Waals surface area contributed by atoms with Crippen LogP contribution in [0.3, 0.4) is 0 Å². The van der Waals surface area contributed by atoms with Gasteiger partial charge in [-0.1, -0.05) is 0 Å². The van der Waals surface area contributed by atoms with Gasteiger partial charge in [0.05, 0.1) is 12.7 Å². The van der Waals surface area contributed by atoms with E-state index in [4.69, 9.17) is 10.8 Å². The first kappa shape index (κ1) is 10.8. The molecule has 1 saturated carbocycles. The van der Waals surface area contributed by atoms with E-state index in [9.17, 15) is 20.4 Å². The molecule has 5 atom stereocenters. The zero-order valence-corrected chi connectivity index (χ0v) is 7.04. The van der Waals surface area contributed by atoms with Crippen LogP contribution in [0.1, 0.15) is 6.42 Å². The smallest absolute Gasteiger partial charge is 0.118 e. The van der Waals surface area contributed by atoms with Crippen LogP contribution >= 0.6 is 0 Å². The Morgan fingerprint density at radius 2 is 1.77 bits per heavy atom. The fraction of sp³-hybridized carbons (Fsp3) is 1.00. The molecule has 0 unspecified atom stereocenters. The standard InChI is InChI=1S/C7H15NO5/c8-3-1-7(13,2-9)6(12)5(11)4(3)10/h3-6,9-13H,1-2,8H2/t3-,4+,5-,6-,7+/m1/s1. The molecule has 78 valence electrons. The van der Waals surface area contributed by atoms with E-state index in [1.807, 2.05) is 0 Å². The fourth-order valence-corrected chi connectivity index (χ4v) is 1.57. The van der Waals surface area contributed by atoms with Crippen LogP contribution in [0, 0.1) is 0 Å². The Bertz CT molecular complexity index is 190. The topological polar surface area (TPSA) is 127 Å². The first-order valence-corrected chi connectivity index (χ1v) is 4.05. The first-order chi connectivity index (χ1) is 5.92. The van der Waals surface area contributed by atoms with Crippen LogP contribution in [0.2, 0.25) is 0 Å². The maximum Gasteiger partial charge on any atom is 0.118 e. The normalized spacial score (nSPS) is 52.2. The van der Waals surface area contributed by atoms with Gasteiger partial charge in [0.15, 0.2) is 0 Å². The quantitative estimate of drug-likeness (QED) is 0.257. The second kappa shape index (κ2) is 3.49. The highest BCUT2D eigenvalue weighted by molar-refractivity contribution is 5.03. The molecule has 0 aromatic rings. The lowest BCUT2D eigenvalue weighted by Gasteiger charge is -2.43. The summed E-state index contributed by atoms with van der Waals surface area (Å²) in [5, 5.41) is 46.1. The fourth-order valence-electron chi connectivity index (χ4n) is 1.57. The van der Waals surface area contributed by atoms with Gasteiger partial charge in [0, 0.05) is 6.04 Å². The molecule has 1 aliphatic carbocycles. The maximum atomic E-state index is 9.56. The number of aliphatic hydroxyl groups is 5. The summed E-state index contributed by atoms with van der Waals surface area (Å²) in [6.07, 6.45) is -4.53. The zero-order valence-electron chi connectivity index (χ0n) is 7.04. The van der Waals surface area contributed by atoms with E-state index in [0.29, 0.717) is 0 Å². The third-order valence-corrected chi connectivity index (χ3v) is 2.53. The molecule has 1 aliphatic rings. The Balaban J connectivity index is 2.82. The Morgan fingerprint density at radius 3 is 2.23 bits per heavy atom. The number of nitrogens with two attached hydrogens (primary N) is 1. The van der Waals surface area contributed by atoms with Crippen LogP contribution in [-0.4, -0.2) is 62.1 Å². The van der Waals surface area contributed by atoms with E-state index < -0.39 is 36.6 Å². The Hall–Kier alpha value is -0.240. The molecule has 6 heteroatoms. The molecule has 1 rings (SSSR count). The first-order valence-electron chi connectivity index (χ1n) is 4.05. The average molecular weight is 193 g/mol. The third-order valence-electron chi connectivity index (χ3n) is 2.53. The molecule has 0 aromatic carbocycles. The van der Waals surface area contributed by atoms with E-state index in [2.05, 4.69) is 0 Å². The van der Waals surface area contributed by atoms with Crippen molar-refractivity contribution in [3.63, 3.8) is 0 Å². The van der Waals surface area contributed by atoms with Crippen LogP contribution in [0.25, 0.3) is 0 Å². The molecule has 0 amide bonds. The number of hydrogen-bond acceptors (Lipinski definition) is 6. The van der Waals surface area contributed by atoms with Gasteiger partial charge in [-0.25, -0.2) is 0 Å². The number of rotatable bonds is 1. The lowest BCUT2D eigenvalue weighted by Crippen LogP contribution is -2.66. The van der Waals surface area contributed by atoms with Crippen molar-refractivity contribution in [2.45, 2.75) is 36.4 Å². The molecule has 6 nitrogen and oxygen atoms in total. The van der Waals surface area contributed by atoms with Crippen molar-refractivity contribution in [3.05, 3.63) is 0 Å². The highest BCUT2D eigenvalue weighted by Gasteiger charge is 2.49. The Kier molecular flexibility index (Phi) is 2.91. The average Bonchev–Trinajstić information content (AvgIpc) is 2.12. The van der Waals surface area contributed by atoms with Gasteiger partial charge in [0.2, 0.25) is 0 Å². The van der Waals surface area contributed by atoms with Gasteiger partial charge in [-0.2, -0.15) is 0 Å². The van der Waals surface area contributed by atoms with Gasteiger partial charge >= 0.3 is 0 Å². The molecule has 7 N–H and O–H groups in total. The van der Waals surface area contributed by atoms with Gasteiger partial charge in [0.25, 0.3) is 0 Å². The molecule has 0 spiro atoms. The summed E-state index contributed by atoms with van der Waals surface area (Å²) < 4.78 is 0. The van der Waals surface area contributed by atoms with Crippen LogP contribution in [0.15, 0.2) is 0 Å².